The van der Waals surface area contributed by atoms with Crippen LogP contribution in [-0.2, 0) is 4.79 Å². The topological polar surface area (TPSA) is 74.8 Å². The third-order valence-corrected chi connectivity index (χ3v) is 4.54. The van der Waals surface area contributed by atoms with Crippen molar-refractivity contribution in [1.29, 1.82) is 0 Å². The molecule has 2 aromatic rings. The number of carbonyl (C=O) groups is 2. The zero-order chi connectivity index (χ0) is 20.1. The number of anilines is 2. The second-order valence-corrected chi connectivity index (χ2v) is 7.04. The zero-order valence-electron chi connectivity index (χ0n) is 16.5. The highest BCUT2D eigenvalue weighted by Gasteiger charge is 2.20. The standard InChI is InChI=1S/C21H26N4O3/c1-15(2)28-19-6-4-18(5-7-19)23-21(27)17-8-9-22-20(14-17)25-12-10-24(11-13-25)16(3)26/h4-9,14-15H,10-13H2,1-3H3,(H,23,27). The van der Waals surface area contributed by atoms with Gasteiger partial charge in [0.25, 0.3) is 5.91 Å². The van der Waals surface area contributed by atoms with Crippen LogP contribution < -0.4 is 15.0 Å². The molecule has 1 fully saturated rings. The molecule has 7 heteroatoms. The summed E-state index contributed by atoms with van der Waals surface area (Å²) in [5.74, 6) is 1.41. The van der Waals surface area contributed by atoms with Crippen molar-refractivity contribution in [3.8, 4) is 5.75 Å². The summed E-state index contributed by atoms with van der Waals surface area (Å²) in [6, 6.07) is 10.8. The second-order valence-electron chi connectivity index (χ2n) is 7.04. The lowest BCUT2D eigenvalue weighted by Gasteiger charge is -2.35. The Kier molecular flexibility index (Phi) is 6.13. The Bertz CT molecular complexity index is 828. The number of aromatic nitrogens is 1. The maximum Gasteiger partial charge on any atom is 0.255 e. The highest BCUT2D eigenvalue weighted by atomic mass is 16.5. The first-order valence-electron chi connectivity index (χ1n) is 9.47. The van der Waals surface area contributed by atoms with Gasteiger partial charge in [-0.3, -0.25) is 9.59 Å². The Morgan fingerprint density at radius 3 is 2.36 bits per heavy atom. The van der Waals surface area contributed by atoms with E-state index in [9.17, 15) is 9.59 Å². The summed E-state index contributed by atoms with van der Waals surface area (Å²) in [6.45, 7) is 8.26. The largest absolute Gasteiger partial charge is 0.491 e. The van der Waals surface area contributed by atoms with E-state index in [1.165, 1.54) is 0 Å². The van der Waals surface area contributed by atoms with E-state index in [-0.39, 0.29) is 17.9 Å². The molecule has 28 heavy (non-hydrogen) atoms. The fourth-order valence-corrected chi connectivity index (χ4v) is 3.08. The SMILES string of the molecule is CC(=O)N1CCN(c2cc(C(=O)Nc3ccc(OC(C)C)cc3)ccn2)CC1. The molecule has 0 spiro atoms. The molecule has 148 valence electrons. The summed E-state index contributed by atoms with van der Waals surface area (Å²) in [4.78, 5) is 32.4. The van der Waals surface area contributed by atoms with Gasteiger partial charge >= 0.3 is 0 Å². The van der Waals surface area contributed by atoms with Gasteiger partial charge in [0, 0.05) is 50.6 Å². The van der Waals surface area contributed by atoms with Crippen molar-refractivity contribution >= 4 is 23.3 Å². The molecular weight excluding hydrogens is 356 g/mol. The Hall–Kier alpha value is -3.09. The third kappa shape index (κ3) is 5.00. The van der Waals surface area contributed by atoms with Crippen molar-refractivity contribution in [3.63, 3.8) is 0 Å². The Balaban J connectivity index is 1.63. The lowest BCUT2D eigenvalue weighted by molar-refractivity contribution is -0.129. The van der Waals surface area contributed by atoms with E-state index in [0.717, 1.165) is 11.6 Å². The molecule has 0 saturated carbocycles. The lowest BCUT2D eigenvalue weighted by atomic mass is 10.2. The number of rotatable bonds is 5. The zero-order valence-corrected chi connectivity index (χ0v) is 16.5. The van der Waals surface area contributed by atoms with E-state index in [0.29, 0.717) is 37.4 Å². The fourth-order valence-electron chi connectivity index (χ4n) is 3.08. The predicted octanol–water partition coefficient (Wildman–Crippen LogP) is 2.79. The van der Waals surface area contributed by atoms with Gasteiger partial charge in [0.05, 0.1) is 6.10 Å². The minimum atomic E-state index is -0.191. The van der Waals surface area contributed by atoms with E-state index >= 15 is 0 Å². The maximum atomic E-state index is 12.6. The molecule has 0 radical (unpaired) electrons. The number of benzene rings is 1. The predicted molar refractivity (Wildman–Crippen MR) is 109 cm³/mol. The normalized spacial score (nSPS) is 14.1. The van der Waals surface area contributed by atoms with Gasteiger partial charge in [0.1, 0.15) is 11.6 Å². The fraction of sp³-hybridized carbons (Fsp3) is 0.381. The van der Waals surface area contributed by atoms with Crippen LogP contribution in [-0.4, -0.2) is 54.0 Å². The maximum absolute atomic E-state index is 12.6. The van der Waals surface area contributed by atoms with E-state index in [1.54, 1.807) is 25.3 Å². The molecule has 1 aromatic carbocycles. The number of ether oxygens (including phenoxy) is 1. The van der Waals surface area contributed by atoms with Crippen LogP contribution in [0.25, 0.3) is 0 Å². The van der Waals surface area contributed by atoms with Gasteiger partial charge in [-0.25, -0.2) is 4.98 Å². The van der Waals surface area contributed by atoms with Crippen LogP contribution in [0.2, 0.25) is 0 Å². The van der Waals surface area contributed by atoms with Crippen molar-refractivity contribution in [1.82, 2.24) is 9.88 Å². The van der Waals surface area contributed by atoms with E-state index in [1.807, 2.05) is 43.0 Å². The number of pyridine rings is 1. The molecular formula is C21H26N4O3. The van der Waals surface area contributed by atoms with Crippen molar-refractivity contribution in [2.45, 2.75) is 26.9 Å². The molecule has 3 rings (SSSR count). The first-order valence-corrected chi connectivity index (χ1v) is 9.47. The van der Waals surface area contributed by atoms with Crippen LogP contribution >= 0.6 is 0 Å². The number of amides is 2. The van der Waals surface area contributed by atoms with Gasteiger partial charge in [0.15, 0.2) is 0 Å². The van der Waals surface area contributed by atoms with Gasteiger partial charge in [-0.2, -0.15) is 0 Å². The minimum absolute atomic E-state index is 0.0885. The number of carbonyl (C=O) groups excluding carboxylic acids is 2. The molecule has 1 N–H and O–H groups in total. The van der Waals surface area contributed by atoms with Crippen molar-refractivity contribution in [2.24, 2.45) is 0 Å². The third-order valence-electron chi connectivity index (χ3n) is 4.54. The van der Waals surface area contributed by atoms with E-state index in [4.69, 9.17) is 4.74 Å². The average Bonchev–Trinajstić information content (AvgIpc) is 2.69. The highest BCUT2D eigenvalue weighted by molar-refractivity contribution is 6.04. The monoisotopic (exact) mass is 382 g/mol. The number of hydrogen-bond acceptors (Lipinski definition) is 5. The number of nitrogens with zero attached hydrogens (tertiary/aromatic N) is 3. The number of piperazine rings is 1. The molecule has 2 heterocycles. The Labute approximate surface area is 165 Å². The van der Waals surface area contributed by atoms with Gasteiger partial charge in [-0.15, -0.1) is 0 Å². The summed E-state index contributed by atoms with van der Waals surface area (Å²) in [6.07, 6.45) is 1.74. The molecule has 1 aliphatic rings. The average molecular weight is 382 g/mol. The molecule has 0 atom stereocenters. The quantitative estimate of drug-likeness (QED) is 0.861. The first-order chi connectivity index (χ1) is 13.4. The smallest absolute Gasteiger partial charge is 0.255 e. The number of hydrogen-bond donors (Lipinski definition) is 1. The Morgan fingerprint density at radius 1 is 1.07 bits per heavy atom. The van der Waals surface area contributed by atoms with Gasteiger partial charge in [0.2, 0.25) is 5.91 Å². The van der Waals surface area contributed by atoms with Gasteiger partial charge in [-0.05, 0) is 50.2 Å². The van der Waals surface area contributed by atoms with Crippen LogP contribution in [0.4, 0.5) is 11.5 Å². The van der Waals surface area contributed by atoms with Crippen LogP contribution in [0.5, 0.6) is 5.75 Å². The molecule has 1 saturated heterocycles. The summed E-state index contributed by atoms with van der Waals surface area (Å²) in [5.41, 5.74) is 1.25. The van der Waals surface area contributed by atoms with Crippen molar-refractivity contribution in [3.05, 3.63) is 48.2 Å². The molecule has 1 aliphatic heterocycles. The second kappa shape index (κ2) is 8.73. The lowest BCUT2D eigenvalue weighted by Crippen LogP contribution is -2.48. The van der Waals surface area contributed by atoms with Crippen LogP contribution in [0.1, 0.15) is 31.1 Å². The molecule has 7 nitrogen and oxygen atoms in total. The summed E-state index contributed by atoms with van der Waals surface area (Å²) in [7, 11) is 0. The molecule has 2 amide bonds. The summed E-state index contributed by atoms with van der Waals surface area (Å²) >= 11 is 0. The van der Waals surface area contributed by atoms with Gasteiger partial charge < -0.3 is 19.9 Å². The summed E-state index contributed by atoms with van der Waals surface area (Å²) < 4.78 is 5.61. The van der Waals surface area contributed by atoms with Gasteiger partial charge in [-0.1, -0.05) is 0 Å². The van der Waals surface area contributed by atoms with Crippen molar-refractivity contribution in [2.75, 3.05) is 36.4 Å². The van der Waals surface area contributed by atoms with Crippen molar-refractivity contribution < 1.29 is 14.3 Å². The van der Waals surface area contributed by atoms with Crippen LogP contribution in [0.3, 0.4) is 0 Å². The number of nitrogens with one attached hydrogen (secondary N) is 1. The Morgan fingerprint density at radius 2 is 1.75 bits per heavy atom. The van der Waals surface area contributed by atoms with Crippen LogP contribution in [0, 0.1) is 0 Å². The summed E-state index contributed by atoms with van der Waals surface area (Å²) in [5, 5.41) is 2.90. The van der Waals surface area contributed by atoms with Crippen LogP contribution in [0.15, 0.2) is 42.6 Å². The van der Waals surface area contributed by atoms with E-state index in [2.05, 4.69) is 15.2 Å². The highest BCUT2D eigenvalue weighted by Crippen LogP contribution is 2.19. The molecule has 0 bridgehead atoms. The first kappa shape index (κ1) is 19.7. The van der Waals surface area contributed by atoms with E-state index < -0.39 is 0 Å². The molecule has 0 unspecified atom stereocenters. The minimum Gasteiger partial charge on any atom is -0.491 e. The molecule has 0 aliphatic carbocycles. The molecule has 1 aromatic heterocycles.